The Labute approximate surface area is 162 Å². The number of hydrogen-bond donors (Lipinski definition) is 1. The van der Waals surface area contributed by atoms with Crippen molar-refractivity contribution < 1.29 is 4.79 Å². The number of anilines is 1. The lowest BCUT2D eigenvalue weighted by Crippen LogP contribution is -2.52. The number of carbonyl (C=O) groups is 1. The Morgan fingerprint density at radius 2 is 1.93 bits per heavy atom. The third-order valence-corrected chi connectivity index (χ3v) is 5.46. The van der Waals surface area contributed by atoms with Crippen molar-refractivity contribution in [1.29, 1.82) is 0 Å². The lowest BCUT2D eigenvalue weighted by molar-refractivity contribution is -0.121. The van der Waals surface area contributed by atoms with Crippen LogP contribution in [-0.2, 0) is 4.79 Å². The average Bonchev–Trinajstić information content (AvgIpc) is 3.50. The molecule has 0 spiro atoms. The summed E-state index contributed by atoms with van der Waals surface area (Å²) in [6, 6.07) is 10.9. The molecule has 0 aliphatic carbocycles. The highest BCUT2D eigenvalue weighted by Crippen LogP contribution is 2.37. The normalized spacial score (nSPS) is 19.3. The number of hydrogen-bond acceptors (Lipinski definition) is 5. The van der Waals surface area contributed by atoms with Crippen molar-refractivity contribution in [2.24, 2.45) is 10.2 Å². The van der Waals surface area contributed by atoms with Gasteiger partial charge in [-0.3, -0.25) is 9.69 Å². The van der Waals surface area contributed by atoms with Crippen LogP contribution >= 0.6 is 0 Å². The Morgan fingerprint density at radius 1 is 1.22 bits per heavy atom. The van der Waals surface area contributed by atoms with Crippen LogP contribution in [0.4, 0.5) is 5.69 Å². The second kappa shape index (κ2) is 9.01. The fraction of sp³-hybridized carbons (Fsp3) is 0.571. The standard InChI is InChI=1S/C21H29N5O/c1-3-4-11-21(23-24-21)12-10-20(27)22-17-18(2)25-13-15-26(16-14-25)19-8-6-5-7-9-19/h1,5-9,18H,4,10-17H2,2H3,(H,22,27). The third-order valence-electron chi connectivity index (χ3n) is 5.46. The Morgan fingerprint density at radius 3 is 2.56 bits per heavy atom. The molecule has 1 fully saturated rings. The summed E-state index contributed by atoms with van der Waals surface area (Å²) in [6.45, 7) is 6.91. The van der Waals surface area contributed by atoms with Gasteiger partial charge in [0.25, 0.3) is 0 Å². The molecule has 0 bridgehead atoms. The van der Waals surface area contributed by atoms with E-state index in [1.807, 2.05) is 6.07 Å². The zero-order chi connectivity index (χ0) is 19.1. The molecule has 1 N–H and O–H groups in total. The van der Waals surface area contributed by atoms with Crippen LogP contribution < -0.4 is 10.2 Å². The fourth-order valence-electron chi connectivity index (χ4n) is 3.52. The smallest absolute Gasteiger partial charge is 0.220 e. The second-order valence-electron chi connectivity index (χ2n) is 7.40. The highest BCUT2D eigenvalue weighted by Gasteiger charge is 2.39. The maximum atomic E-state index is 12.2. The van der Waals surface area contributed by atoms with Gasteiger partial charge < -0.3 is 10.2 Å². The maximum Gasteiger partial charge on any atom is 0.220 e. The molecule has 1 saturated heterocycles. The number of amides is 1. The minimum atomic E-state index is -0.372. The van der Waals surface area contributed by atoms with Crippen molar-refractivity contribution >= 4 is 11.6 Å². The average molecular weight is 367 g/mol. The highest BCUT2D eigenvalue weighted by atomic mass is 16.1. The molecule has 0 aromatic heterocycles. The Bertz CT molecular complexity index is 682. The predicted molar refractivity (Wildman–Crippen MR) is 108 cm³/mol. The van der Waals surface area contributed by atoms with Gasteiger partial charge in [-0.2, -0.15) is 10.2 Å². The summed E-state index contributed by atoms with van der Waals surface area (Å²) in [5.41, 5.74) is 0.913. The van der Waals surface area contributed by atoms with Crippen LogP contribution in [0.1, 0.15) is 32.6 Å². The minimum Gasteiger partial charge on any atom is -0.369 e. The Balaban J connectivity index is 1.33. The molecule has 0 saturated carbocycles. The van der Waals surface area contributed by atoms with Crippen LogP contribution in [0.15, 0.2) is 40.6 Å². The van der Waals surface area contributed by atoms with E-state index in [9.17, 15) is 4.79 Å². The molecular formula is C21H29N5O. The highest BCUT2D eigenvalue weighted by molar-refractivity contribution is 5.76. The van der Waals surface area contributed by atoms with E-state index in [-0.39, 0.29) is 11.6 Å². The number of benzene rings is 1. The van der Waals surface area contributed by atoms with Gasteiger partial charge in [0.15, 0.2) is 5.66 Å². The molecule has 1 aromatic carbocycles. The van der Waals surface area contributed by atoms with Crippen LogP contribution in [0.25, 0.3) is 0 Å². The molecule has 2 aliphatic heterocycles. The van der Waals surface area contributed by atoms with Crippen LogP contribution in [0.5, 0.6) is 0 Å². The molecule has 6 nitrogen and oxygen atoms in total. The van der Waals surface area contributed by atoms with E-state index in [2.05, 4.69) is 62.5 Å². The monoisotopic (exact) mass is 367 g/mol. The maximum absolute atomic E-state index is 12.2. The van der Waals surface area contributed by atoms with Gasteiger partial charge in [0.2, 0.25) is 5.91 Å². The van der Waals surface area contributed by atoms with E-state index in [0.29, 0.717) is 31.8 Å². The Hall–Kier alpha value is -2.39. The number of rotatable bonds is 9. The fourth-order valence-corrected chi connectivity index (χ4v) is 3.52. The number of carbonyl (C=O) groups excluding carboxylic acids is 1. The minimum absolute atomic E-state index is 0.0714. The van der Waals surface area contributed by atoms with Crippen molar-refractivity contribution in [1.82, 2.24) is 10.2 Å². The van der Waals surface area contributed by atoms with Crippen molar-refractivity contribution in [2.75, 3.05) is 37.6 Å². The van der Waals surface area contributed by atoms with E-state index in [0.717, 1.165) is 32.6 Å². The van der Waals surface area contributed by atoms with Gasteiger partial charge in [0.05, 0.1) is 0 Å². The molecule has 1 unspecified atom stereocenters. The van der Waals surface area contributed by atoms with E-state index in [4.69, 9.17) is 6.42 Å². The molecule has 27 heavy (non-hydrogen) atoms. The number of piperazine rings is 1. The number of para-hydroxylation sites is 1. The molecule has 3 rings (SSSR count). The van der Waals surface area contributed by atoms with Gasteiger partial charge in [-0.1, -0.05) is 18.2 Å². The summed E-state index contributed by atoms with van der Waals surface area (Å²) in [4.78, 5) is 17.0. The zero-order valence-electron chi connectivity index (χ0n) is 16.1. The van der Waals surface area contributed by atoms with Gasteiger partial charge in [-0.15, -0.1) is 12.3 Å². The number of terminal acetylenes is 1. The number of nitrogens with one attached hydrogen (secondary N) is 1. The van der Waals surface area contributed by atoms with Crippen molar-refractivity contribution in [3.05, 3.63) is 30.3 Å². The summed E-state index contributed by atoms with van der Waals surface area (Å²) in [5.74, 6) is 2.68. The molecule has 0 radical (unpaired) electrons. The first-order chi connectivity index (χ1) is 13.1. The molecule has 2 aliphatic rings. The largest absolute Gasteiger partial charge is 0.369 e. The van der Waals surface area contributed by atoms with Gasteiger partial charge >= 0.3 is 0 Å². The summed E-state index contributed by atoms with van der Waals surface area (Å²) >= 11 is 0. The lowest BCUT2D eigenvalue weighted by atomic mass is 10.0. The first-order valence-corrected chi connectivity index (χ1v) is 9.80. The molecule has 6 heteroatoms. The topological polar surface area (TPSA) is 60.3 Å². The molecular weight excluding hydrogens is 338 g/mol. The van der Waals surface area contributed by atoms with E-state index >= 15 is 0 Å². The van der Waals surface area contributed by atoms with Crippen molar-refractivity contribution in [2.45, 2.75) is 44.3 Å². The van der Waals surface area contributed by atoms with Crippen molar-refractivity contribution in [3.63, 3.8) is 0 Å². The van der Waals surface area contributed by atoms with Gasteiger partial charge in [0, 0.05) is 70.1 Å². The quantitative estimate of drug-likeness (QED) is 0.683. The van der Waals surface area contributed by atoms with E-state index < -0.39 is 0 Å². The summed E-state index contributed by atoms with van der Waals surface area (Å²) in [6.07, 6.45) is 7.80. The van der Waals surface area contributed by atoms with Crippen LogP contribution in [0.3, 0.4) is 0 Å². The van der Waals surface area contributed by atoms with Gasteiger partial charge in [-0.25, -0.2) is 0 Å². The SMILES string of the molecule is C#CCCC1(CCC(=O)NCC(C)N2CCN(c3ccccc3)CC2)N=N1. The molecule has 1 atom stereocenters. The van der Waals surface area contributed by atoms with Crippen LogP contribution in [0, 0.1) is 12.3 Å². The molecule has 2 heterocycles. The first kappa shape index (κ1) is 19.4. The summed E-state index contributed by atoms with van der Waals surface area (Å²) in [5, 5.41) is 11.2. The van der Waals surface area contributed by atoms with Crippen LogP contribution in [-0.4, -0.2) is 55.2 Å². The van der Waals surface area contributed by atoms with Gasteiger partial charge in [-0.05, 0) is 19.1 Å². The van der Waals surface area contributed by atoms with E-state index in [1.165, 1.54) is 5.69 Å². The lowest BCUT2D eigenvalue weighted by Gasteiger charge is -2.39. The number of nitrogens with zero attached hydrogens (tertiary/aromatic N) is 4. The molecule has 144 valence electrons. The first-order valence-electron chi connectivity index (χ1n) is 9.80. The predicted octanol–water partition coefficient (Wildman–Crippen LogP) is 2.67. The summed E-state index contributed by atoms with van der Waals surface area (Å²) in [7, 11) is 0. The summed E-state index contributed by atoms with van der Waals surface area (Å²) < 4.78 is 0. The third kappa shape index (κ3) is 5.54. The van der Waals surface area contributed by atoms with Crippen LogP contribution in [0.2, 0.25) is 0 Å². The van der Waals surface area contributed by atoms with Gasteiger partial charge in [0.1, 0.15) is 0 Å². The van der Waals surface area contributed by atoms with Crippen molar-refractivity contribution in [3.8, 4) is 12.3 Å². The molecule has 1 amide bonds. The molecule has 1 aromatic rings. The zero-order valence-corrected chi connectivity index (χ0v) is 16.1. The second-order valence-corrected chi connectivity index (χ2v) is 7.40. The Kier molecular flexibility index (Phi) is 6.46. The van der Waals surface area contributed by atoms with E-state index in [1.54, 1.807) is 0 Å².